The van der Waals surface area contributed by atoms with E-state index in [2.05, 4.69) is 13.0 Å². The molecule has 0 aromatic heterocycles. The molecule has 0 aliphatic heterocycles. The fourth-order valence-corrected chi connectivity index (χ4v) is 2.29. The number of hydrogen-bond acceptors (Lipinski definition) is 3. The average molecular weight is 292 g/mol. The van der Waals surface area contributed by atoms with E-state index in [0.717, 1.165) is 18.6 Å². The van der Waals surface area contributed by atoms with Crippen LogP contribution in [-0.2, 0) is 4.79 Å². The van der Waals surface area contributed by atoms with Crippen molar-refractivity contribution in [3.05, 3.63) is 29.3 Å². The summed E-state index contributed by atoms with van der Waals surface area (Å²) >= 11 is 0. The maximum Gasteiger partial charge on any atom is 0.223 e. The van der Waals surface area contributed by atoms with Crippen LogP contribution in [0.5, 0.6) is 5.75 Å². The van der Waals surface area contributed by atoms with Gasteiger partial charge in [0.25, 0.3) is 0 Å². The van der Waals surface area contributed by atoms with E-state index in [1.807, 2.05) is 26.0 Å². The molecule has 0 heterocycles. The smallest absolute Gasteiger partial charge is 0.223 e. The van der Waals surface area contributed by atoms with E-state index in [0.29, 0.717) is 19.6 Å². The fraction of sp³-hybridized carbons (Fsp3) is 0.588. The van der Waals surface area contributed by atoms with Crippen molar-refractivity contribution in [1.29, 1.82) is 0 Å². The molecule has 0 radical (unpaired) electrons. The third-order valence-electron chi connectivity index (χ3n) is 3.41. The van der Waals surface area contributed by atoms with Gasteiger partial charge in [-0.25, -0.2) is 0 Å². The van der Waals surface area contributed by atoms with Crippen molar-refractivity contribution in [2.45, 2.75) is 46.1 Å². The summed E-state index contributed by atoms with van der Waals surface area (Å²) in [6.07, 6.45) is 2.31. The van der Waals surface area contributed by atoms with Crippen molar-refractivity contribution < 1.29 is 9.53 Å². The minimum absolute atomic E-state index is 0.0368. The summed E-state index contributed by atoms with van der Waals surface area (Å²) in [5.74, 6) is 0.941. The lowest BCUT2D eigenvalue weighted by molar-refractivity contribution is -0.130. The van der Waals surface area contributed by atoms with Crippen LogP contribution in [0, 0.1) is 13.8 Å². The standard InChI is InChI=1S/C17H28N2O2/c1-5-6-15(18)12-17(20)19(4)7-8-21-16-10-13(2)9-14(3)11-16/h9-11,15H,5-8,12,18H2,1-4H3. The Balaban J connectivity index is 2.35. The molecular formula is C17H28N2O2. The van der Waals surface area contributed by atoms with E-state index in [9.17, 15) is 4.79 Å². The highest BCUT2D eigenvalue weighted by Crippen LogP contribution is 2.16. The summed E-state index contributed by atoms with van der Waals surface area (Å²) in [5, 5.41) is 0. The number of likely N-dealkylation sites (N-methyl/N-ethyl adjacent to an activating group) is 1. The van der Waals surface area contributed by atoms with Crippen LogP contribution in [0.2, 0.25) is 0 Å². The normalized spacial score (nSPS) is 12.0. The van der Waals surface area contributed by atoms with E-state index in [-0.39, 0.29) is 11.9 Å². The molecule has 0 aliphatic carbocycles. The summed E-state index contributed by atoms with van der Waals surface area (Å²) in [6, 6.07) is 6.08. The van der Waals surface area contributed by atoms with Crippen LogP contribution in [0.15, 0.2) is 18.2 Å². The van der Waals surface area contributed by atoms with Gasteiger partial charge in [0.2, 0.25) is 5.91 Å². The first-order valence-corrected chi connectivity index (χ1v) is 7.63. The van der Waals surface area contributed by atoms with Crippen LogP contribution in [0.25, 0.3) is 0 Å². The van der Waals surface area contributed by atoms with Crippen molar-refractivity contribution in [2.75, 3.05) is 20.2 Å². The second-order valence-electron chi connectivity index (χ2n) is 5.74. The predicted octanol–water partition coefficient (Wildman–Crippen LogP) is 2.66. The molecule has 4 nitrogen and oxygen atoms in total. The second kappa shape index (κ2) is 8.67. The molecule has 1 rings (SSSR count). The number of carbonyl (C=O) groups is 1. The Labute approximate surface area is 128 Å². The second-order valence-corrected chi connectivity index (χ2v) is 5.74. The van der Waals surface area contributed by atoms with Crippen LogP contribution in [-0.4, -0.2) is 37.0 Å². The van der Waals surface area contributed by atoms with Gasteiger partial charge in [0.05, 0.1) is 6.54 Å². The highest BCUT2D eigenvalue weighted by Gasteiger charge is 2.13. The Bertz CT molecular complexity index is 440. The summed E-state index contributed by atoms with van der Waals surface area (Å²) in [4.78, 5) is 13.7. The largest absolute Gasteiger partial charge is 0.492 e. The molecule has 1 aromatic carbocycles. The zero-order chi connectivity index (χ0) is 15.8. The lowest BCUT2D eigenvalue weighted by Gasteiger charge is -2.19. The lowest BCUT2D eigenvalue weighted by Crippen LogP contribution is -2.35. The monoisotopic (exact) mass is 292 g/mol. The molecule has 1 atom stereocenters. The summed E-state index contributed by atoms with van der Waals surface area (Å²) < 4.78 is 5.72. The molecule has 1 amide bonds. The molecule has 1 unspecified atom stereocenters. The molecule has 0 saturated carbocycles. The summed E-state index contributed by atoms with van der Waals surface area (Å²) in [7, 11) is 1.80. The minimum Gasteiger partial charge on any atom is -0.492 e. The molecule has 0 fully saturated rings. The Hall–Kier alpha value is -1.55. The van der Waals surface area contributed by atoms with Gasteiger partial charge in [-0.3, -0.25) is 4.79 Å². The molecule has 0 aliphatic rings. The third kappa shape index (κ3) is 6.63. The average Bonchev–Trinajstić information content (AvgIpc) is 2.37. The van der Waals surface area contributed by atoms with Crippen LogP contribution in [0.1, 0.15) is 37.3 Å². The topological polar surface area (TPSA) is 55.6 Å². The van der Waals surface area contributed by atoms with Crippen molar-refractivity contribution >= 4 is 5.91 Å². The van der Waals surface area contributed by atoms with Gasteiger partial charge in [0.15, 0.2) is 0 Å². The van der Waals surface area contributed by atoms with Crippen LogP contribution < -0.4 is 10.5 Å². The van der Waals surface area contributed by atoms with Crippen molar-refractivity contribution in [1.82, 2.24) is 4.90 Å². The van der Waals surface area contributed by atoms with E-state index < -0.39 is 0 Å². The van der Waals surface area contributed by atoms with Gasteiger partial charge in [-0.05, 0) is 43.5 Å². The zero-order valence-corrected chi connectivity index (χ0v) is 13.7. The van der Waals surface area contributed by atoms with Gasteiger partial charge < -0.3 is 15.4 Å². The Morgan fingerprint density at radius 3 is 2.48 bits per heavy atom. The number of nitrogens with zero attached hydrogens (tertiary/aromatic N) is 1. The quantitative estimate of drug-likeness (QED) is 0.801. The van der Waals surface area contributed by atoms with Gasteiger partial charge in [-0.15, -0.1) is 0 Å². The first kappa shape index (κ1) is 17.5. The van der Waals surface area contributed by atoms with E-state index in [1.165, 1.54) is 11.1 Å². The molecule has 2 N–H and O–H groups in total. The Kier molecular flexibility index (Phi) is 7.23. The number of hydrogen-bond donors (Lipinski definition) is 1. The molecule has 21 heavy (non-hydrogen) atoms. The van der Waals surface area contributed by atoms with Gasteiger partial charge in [-0.2, -0.15) is 0 Å². The fourth-order valence-electron chi connectivity index (χ4n) is 2.29. The number of amides is 1. The first-order valence-electron chi connectivity index (χ1n) is 7.63. The zero-order valence-electron chi connectivity index (χ0n) is 13.7. The predicted molar refractivity (Wildman–Crippen MR) is 86.5 cm³/mol. The molecule has 1 aromatic rings. The van der Waals surface area contributed by atoms with Crippen LogP contribution >= 0.6 is 0 Å². The van der Waals surface area contributed by atoms with Gasteiger partial charge >= 0.3 is 0 Å². The maximum absolute atomic E-state index is 12.0. The highest BCUT2D eigenvalue weighted by molar-refractivity contribution is 5.76. The molecule has 0 bridgehead atoms. The number of aryl methyl sites for hydroxylation is 2. The van der Waals surface area contributed by atoms with E-state index in [1.54, 1.807) is 11.9 Å². The van der Waals surface area contributed by atoms with Gasteiger partial charge in [-0.1, -0.05) is 19.4 Å². The van der Waals surface area contributed by atoms with Crippen molar-refractivity contribution in [2.24, 2.45) is 5.73 Å². The molecule has 118 valence electrons. The van der Waals surface area contributed by atoms with Crippen LogP contribution in [0.3, 0.4) is 0 Å². The summed E-state index contributed by atoms with van der Waals surface area (Å²) in [6.45, 7) is 7.24. The SMILES string of the molecule is CCCC(N)CC(=O)N(C)CCOc1cc(C)cc(C)c1. The maximum atomic E-state index is 12.0. The van der Waals surface area contributed by atoms with E-state index in [4.69, 9.17) is 10.5 Å². The number of carbonyl (C=O) groups excluding carboxylic acids is 1. The van der Waals surface area contributed by atoms with Crippen molar-refractivity contribution in [3.8, 4) is 5.75 Å². The number of nitrogens with two attached hydrogens (primary N) is 1. The van der Waals surface area contributed by atoms with Crippen molar-refractivity contribution in [3.63, 3.8) is 0 Å². The number of rotatable bonds is 8. The van der Waals surface area contributed by atoms with Crippen LogP contribution in [0.4, 0.5) is 0 Å². The Morgan fingerprint density at radius 1 is 1.29 bits per heavy atom. The highest BCUT2D eigenvalue weighted by atomic mass is 16.5. The third-order valence-corrected chi connectivity index (χ3v) is 3.41. The molecule has 0 saturated heterocycles. The molecule has 0 spiro atoms. The number of ether oxygens (including phenoxy) is 1. The molecular weight excluding hydrogens is 264 g/mol. The summed E-state index contributed by atoms with van der Waals surface area (Å²) in [5.41, 5.74) is 8.26. The minimum atomic E-state index is -0.0368. The van der Waals surface area contributed by atoms with Gasteiger partial charge in [0.1, 0.15) is 12.4 Å². The lowest BCUT2D eigenvalue weighted by atomic mass is 10.1. The Morgan fingerprint density at radius 2 is 1.90 bits per heavy atom. The first-order chi connectivity index (χ1) is 9.92. The van der Waals surface area contributed by atoms with Gasteiger partial charge in [0, 0.05) is 19.5 Å². The molecule has 4 heteroatoms. The van der Waals surface area contributed by atoms with E-state index >= 15 is 0 Å². The number of benzene rings is 1.